The predicted octanol–water partition coefficient (Wildman–Crippen LogP) is 1.08. The zero-order valence-electron chi connectivity index (χ0n) is 7.04. The summed E-state index contributed by atoms with van der Waals surface area (Å²) in [5, 5.41) is 19.0. The second kappa shape index (κ2) is 4.00. The molecule has 0 unspecified atom stereocenters. The summed E-state index contributed by atoms with van der Waals surface area (Å²) in [5.74, 6) is 0. The molecule has 0 aliphatic rings. The lowest BCUT2D eigenvalue weighted by Gasteiger charge is -1.96. The molecule has 1 aromatic carbocycles. The molecule has 14 heavy (non-hydrogen) atoms. The average Bonchev–Trinajstić information content (AvgIpc) is 2.18. The van der Waals surface area contributed by atoms with Crippen LogP contribution in [-0.2, 0) is 0 Å². The third kappa shape index (κ3) is 1.84. The van der Waals surface area contributed by atoms with Crippen molar-refractivity contribution >= 4 is 17.7 Å². The van der Waals surface area contributed by atoms with Crippen LogP contribution < -0.4 is 5.73 Å². The molecular weight excluding hydrogens is 184 g/mol. The zero-order chi connectivity index (χ0) is 10.6. The molecule has 0 atom stereocenters. The van der Waals surface area contributed by atoms with Gasteiger partial charge in [0.05, 0.1) is 22.5 Å². The Bertz CT molecular complexity index is 433. The van der Waals surface area contributed by atoms with Gasteiger partial charge in [-0.3, -0.25) is 10.1 Å². The Morgan fingerprint density at radius 3 is 2.86 bits per heavy atom. The van der Waals surface area contributed by atoms with E-state index in [1.807, 2.05) is 0 Å². The van der Waals surface area contributed by atoms with Crippen molar-refractivity contribution in [2.24, 2.45) is 10.7 Å². The van der Waals surface area contributed by atoms with E-state index in [4.69, 9.17) is 11.0 Å². The molecule has 1 aromatic rings. The number of nitrogens with two attached hydrogens (primary N) is 1. The van der Waals surface area contributed by atoms with Gasteiger partial charge in [0, 0.05) is 12.1 Å². The summed E-state index contributed by atoms with van der Waals surface area (Å²) in [4.78, 5) is 13.5. The maximum atomic E-state index is 10.4. The van der Waals surface area contributed by atoms with Gasteiger partial charge in [-0.1, -0.05) is 0 Å². The first-order valence-electron chi connectivity index (χ1n) is 3.62. The van der Waals surface area contributed by atoms with E-state index in [9.17, 15) is 10.1 Å². The molecule has 0 aliphatic heterocycles. The molecule has 2 N–H and O–H groups in total. The largest absolute Gasteiger partial charge is 0.390 e. The smallest absolute Gasteiger partial charge is 0.270 e. The highest BCUT2D eigenvalue weighted by Gasteiger charge is 2.09. The fourth-order valence-corrected chi connectivity index (χ4v) is 0.920. The minimum Gasteiger partial charge on any atom is -0.390 e. The van der Waals surface area contributed by atoms with Crippen molar-refractivity contribution in [1.82, 2.24) is 0 Å². The number of non-ortho nitro benzene ring substituents is 1. The number of nitro groups is 1. The first-order valence-corrected chi connectivity index (χ1v) is 3.62. The van der Waals surface area contributed by atoms with Crippen LogP contribution in [0.15, 0.2) is 23.2 Å². The van der Waals surface area contributed by atoms with Gasteiger partial charge in [0.2, 0.25) is 0 Å². The highest BCUT2D eigenvalue weighted by atomic mass is 16.6. The Morgan fingerprint density at radius 1 is 1.64 bits per heavy atom. The van der Waals surface area contributed by atoms with Crippen molar-refractivity contribution < 1.29 is 4.92 Å². The Balaban J connectivity index is 3.26. The van der Waals surface area contributed by atoms with Gasteiger partial charge in [0.25, 0.3) is 5.69 Å². The van der Waals surface area contributed by atoms with Gasteiger partial charge in [-0.15, -0.1) is 0 Å². The van der Waals surface area contributed by atoms with Crippen molar-refractivity contribution in [3.05, 3.63) is 33.9 Å². The SMILES string of the molecule is N#Cc1cc([N+](=O)[O-])ccc1N=CN. The molecule has 0 fully saturated rings. The molecule has 0 aliphatic carbocycles. The van der Waals surface area contributed by atoms with Crippen LogP contribution in [0.2, 0.25) is 0 Å². The molecule has 0 spiro atoms. The summed E-state index contributed by atoms with van der Waals surface area (Å²) in [7, 11) is 0. The lowest BCUT2D eigenvalue weighted by atomic mass is 10.2. The van der Waals surface area contributed by atoms with Gasteiger partial charge in [-0.2, -0.15) is 5.26 Å². The second-order valence-corrected chi connectivity index (χ2v) is 2.35. The Labute approximate surface area is 79.4 Å². The van der Waals surface area contributed by atoms with Crippen LogP contribution >= 0.6 is 0 Å². The maximum absolute atomic E-state index is 10.4. The fraction of sp³-hybridized carbons (Fsp3) is 0. The molecule has 0 radical (unpaired) electrons. The number of hydrogen-bond acceptors (Lipinski definition) is 4. The van der Waals surface area contributed by atoms with Crippen LogP contribution in [0.3, 0.4) is 0 Å². The zero-order valence-corrected chi connectivity index (χ0v) is 7.04. The van der Waals surface area contributed by atoms with E-state index < -0.39 is 4.92 Å². The summed E-state index contributed by atoms with van der Waals surface area (Å²) < 4.78 is 0. The molecule has 0 saturated heterocycles. The van der Waals surface area contributed by atoms with E-state index in [-0.39, 0.29) is 11.3 Å². The van der Waals surface area contributed by atoms with Crippen LogP contribution in [0.5, 0.6) is 0 Å². The summed E-state index contributed by atoms with van der Waals surface area (Å²) >= 11 is 0. The summed E-state index contributed by atoms with van der Waals surface area (Å²) in [6.45, 7) is 0. The molecule has 0 heterocycles. The topological polar surface area (TPSA) is 105 Å². The van der Waals surface area contributed by atoms with Crippen LogP contribution in [0.25, 0.3) is 0 Å². The van der Waals surface area contributed by atoms with Crippen molar-refractivity contribution in [3.63, 3.8) is 0 Å². The number of hydrogen-bond donors (Lipinski definition) is 1. The van der Waals surface area contributed by atoms with E-state index >= 15 is 0 Å². The Hall–Kier alpha value is -2.42. The average molecular weight is 190 g/mol. The summed E-state index contributed by atoms with van der Waals surface area (Å²) in [5.41, 5.74) is 5.35. The highest BCUT2D eigenvalue weighted by Crippen LogP contribution is 2.23. The minimum atomic E-state index is -0.573. The van der Waals surface area contributed by atoms with Gasteiger partial charge >= 0.3 is 0 Å². The fourth-order valence-electron chi connectivity index (χ4n) is 0.920. The number of rotatable bonds is 2. The molecule has 70 valence electrons. The highest BCUT2D eigenvalue weighted by molar-refractivity contribution is 5.65. The van der Waals surface area contributed by atoms with Crippen molar-refractivity contribution in [3.8, 4) is 6.07 Å². The normalized spacial score (nSPS) is 9.93. The first kappa shape index (κ1) is 9.67. The number of benzene rings is 1. The lowest BCUT2D eigenvalue weighted by molar-refractivity contribution is -0.384. The van der Waals surface area contributed by atoms with Gasteiger partial charge in [0.1, 0.15) is 6.07 Å². The molecule has 0 amide bonds. The first-order chi connectivity index (χ1) is 6.69. The van der Waals surface area contributed by atoms with Gasteiger partial charge in [-0.05, 0) is 6.07 Å². The number of nitriles is 1. The Kier molecular flexibility index (Phi) is 2.76. The molecule has 1 rings (SSSR count). The summed E-state index contributed by atoms with van der Waals surface area (Å²) in [6.07, 6.45) is 1.03. The molecule has 0 aromatic heterocycles. The van der Waals surface area contributed by atoms with Crippen LogP contribution in [0.1, 0.15) is 5.56 Å². The maximum Gasteiger partial charge on any atom is 0.270 e. The standard InChI is InChI=1S/C8H6N4O2/c9-4-6-3-7(12(13)14)1-2-8(6)11-5-10/h1-3,5H,(H2,10,11). The Morgan fingerprint density at radius 2 is 2.36 bits per heavy atom. The van der Waals surface area contributed by atoms with Crippen molar-refractivity contribution in [2.75, 3.05) is 0 Å². The van der Waals surface area contributed by atoms with Gasteiger partial charge in [-0.25, -0.2) is 4.99 Å². The van der Waals surface area contributed by atoms with Crippen LogP contribution in [0, 0.1) is 21.4 Å². The third-order valence-corrected chi connectivity index (χ3v) is 1.53. The monoisotopic (exact) mass is 190 g/mol. The van der Waals surface area contributed by atoms with Gasteiger partial charge < -0.3 is 5.73 Å². The minimum absolute atomic E-state index is 0.126. The van der Waals surface area contributed by atoms with E-state index in [1.165, 1.54) is 12.1 Å². The number of nitro benzene ring substituents is 1. The van der Waals surface area contributed by atoms with Crippen LogP contribution in [0.4, 0.5) is 11.4 Å². The lowest BCUT2D eigenvalue weighted by Crippen LogP contribution is -1.90. The molecule has 6 nitrogen and oxygen atoms in total. The molecule has 0 bridgehead atoms. The third-order valence-electron chi connectivity index (χ3n) is 1.53. The van der Waals surface area contributed by atoms with E-state index in [0.717, 1.165) is 12.4 Å². The molecule has 0 saturated carbocycles. The number of nitrogens with zero attached hydrogens (tertiary/aromatic N) is 3. The summed E-state index contributed by atoms with van der Waals surface area (Å²) in [6, 6.07) is 5.60. The molecular formula is C8H6N4O2. The predicted molar refractivity (Wildman–Crippen MR) is 50.2 cm³/mol. The van der Waals surface area contributed by atoms with Crippen LogP contribution in [-0.4, -0.2) is 11.3 Å². The van der Waals surface area contributed by atoms with E-state index in [0.29, 0.717) is 5.69 Å². The number of aliphatic imine (C=N–C) groups is 1. The second-order valence-electron chi connectivity index (χ2n) is 2.35. The quantitative estimate of drug-likeness (QED) is 0.326. The molecule has 6 heteroatoms. The van der Waals surface area contributed by atoms with E-state index in [2.05, 4.69) is 4.99 Å². The van der Waals surface area contributed by atoms with Crippen molar-refractivity contribution in [1.29, 1.82) is 5.26 Å². The van der Waals surface area contributed by atoms with Crippen molar-refractivity contribution in [2.45, 2.75) is 0 Å². The van der Waals surface area contributed by atoms with Gasteiger partial charge in [0.15, 0.2) is 0 Å². The van der Waals surface area contributed by atoms with E-state index in [1.54, 1.807) is 6.07 Å².